The van der Waals surface area contributed by atoms with E-state index >= 15 is 4.39 Å². The highest BCUT2D eigenvalue weighted by molar-refractivity contribution is 6.06. The third-order valence-corrected chi connectivity index (χ3v) is 5.39. The summed E-state index contributed by atoms with van der Waals surface area (Å²) in [4.78, 5) is 25.6. The fraction of sp³-hybridized carbons (Fsp3) is 0.375. The molecule has 7 nitrogen and oxygen atoms in total. The molecule has 0 radical (unpaired) electrons. The minimum Gasteiger partial charge on any atom is -0.490 e. The Labute approximate surface area is 191 Å². The number of rotatable bonds is 8. The summed E-state index contributed by atoms with van der Waals surface area (Å²) in [5.74, 6) is -1.60. The van der Waals surface area contributed by atoms with Gasteiger partial charge in [0.05, 0.1) is 17.4 Å². The highest BCUT2D eigenvalue weighted by Crippen LogP contribution is 2.29. The molecule has 0 saturated heterocycles. The largest absolute Gasteiger partial charge is 0.490 e. The van der Waals surface area contributed by atoms with Crippen LogP contribution in [0.15, 0.2) is 35.1 Å². The van der Waals surface area contributed by atoms with Crippen LogP contribution < -0.4 is 15.7 Å². The van der Waals surface area contributed by atoms with Gasteiger partial charge in [-0.1, -0.05) is 32.4 Å². The minimum absolute atomic E-state index is 0.00748. The summed E-state index contributed by atoms with van der Waals surface area (Å²) in [7, 11) is 1.56. The van der Waals surface area contributed by atoms with Gasteiger partial charge in [-0.05, 0) is 38.0 Å². The SMILES string of the molecule is CCCC(C)Oc1cc(-n2nc(CC)n(C)c2=O)c(F)cc1C(=O)Nc1c(C)cccc1F. The number of amides is 1. The molecule has 9 heteroatoms. The van der Waals surface area contributed by atoms with Crippen molar-refractivity contribution in [2.45, 2.75) is 53.1 Å². The van der Waals surface area contributed by atoms with E-state index in [1.807, 2.05) is 20.8 Å². The molecule has 0 aliphatic rings. The summed E-state index contributed by atoms with van der Waals surface area (Å²) in [6, 6.07) is 6.69. The van der Waals surface area contributed by atoms with Crippen LogP contribution in [0.4, 0.5) is 14.5 Å². The van der Waals surface area contributed by atoms with Gasteiger partial charge in [-0.2, -0.15) is 4.68 Å². The van der Waals surface area contributed by atoms with Gasteiger partial charge in [0.1, 0.15) is 28.9 Å². The van der Waals surface area contributed by atoms with Crippen LogP contribution in [0.2, 0.25) is 0 Å². The second-order valence-corrected chi connectivity index (χ2v) is 7.93. The first-order chi connectivity index (χ1) is 15.7. The van der Waals surface area contributed by atoms with Gasteiger partial charge in [-0.3, -0.25) is 9.36 Å². The lowest BCUT2D eigenvalue weighted by Crippen LogP contribution is -2.24. The molecular formula is C24H28F2N4O3. The van der Waals surface area contributed by atoms with Crippen molar-refractivity contribution in [3.63, 3.8) is 0 Å². The predicted molar refractivity (Wildman–Crippen MR) is 122 cm³/mol. The number of hydrogen-bond donors (Lipinski definition) is 1. The zero-order valence-electron chi connectivity index (χ0n) is 19.4. The van der Waals surface area contributed by atoms with Gasteiger partial charge in [0.2, 0.25) is 0 Å². The highest BCUT2D eigenvalue weighted by atomic mass is 19.1. The number of aromatic nitrogens is 3. The third-order valence-electron chi connectivity index (χ3n) is 5.39. The molecule has 1 heterocycles. The Bertz CT molecular complexity index is 1210. The molecule has 0 aliphatic carbocycles. The Morgan fingerprint density at radius 2 is 1.94 bits per heavy atom. The van der Waals surface area contributed by atoms with Crippen molar-refractivity contribution >= 4 is 11.6 Å². The fourth-order valence-corrected chi connectivity index (χ4v) is 3.58. The Hall–Kier alpha value is -3.49. The van der Waals surface area contributed by atoms with E-state index in [0.717, 1.165) is 17.2 Å². The van der Waals surface area contributed by atoms with Gasteiger partial charge in [0.25, 0.3) is 5.91 Å². The number of nitrogens with one attached hydrogen (secondary N) is 1. The van der Waals surface area contributed by atoms with Crippen LogP contribution in [-0.4, -0.2) is 26.4 Å². The maximum absolute atomic E-state index is 15.2. The Balaban J connectivity index is 2.10. The van der Waals surface area contributed by atoms with Crippen molar-refractivity contribution in [3.8, 4) is 11.4 Å². The van der Waals surface area contributed by atoms with E-state index in [0.29, 0.717) is 24.2 Å². The van der Waals surface area contributed by atoms with Crippen LogP contribution in [0.5, 0.6) is 5.75 Å². The standard InChI is InChI=1S/C24H28F2N4O3/c1-6-9-15(4)33-20-13-19(30-24(32)29(5)21(7-2)28-30)18(26)12-16(20)23(31)27-22-14(3)10-8-11-17(22)25/h8,10-13,15H,6-7,9H2,1-5H3,(H,27,31). The zero-order valence-corrected chi connectivity index (χ0v) is 19.4. The van der Waals surface area contributed by atoms with Gasteiger partial charge < -0.3 is 10.1 Å². The second-order valence-electron chi connectivity index (χ2n) is 7.93. The van der Waals surface area contributed by atoms with Crippen LogP contribution >= 0.6 is 0 Å². The Morgan fingerprint density at radius 3 is 2.55 bits per heavy atom. The molecule has 1 N–H and O–H groups in total. The number of nitrogens with zero attached hydrogens (tertiary/aromatic N) is 3. The lowest BCUT2D eigenvalue weighted by atomic mass is 10.1. The predicted octanol–water partition coefficient (Wildman–Crippen LogP) is 4.54. The Kier molecular flexibility index (Phi) is 7.30. The molecule has 1 atom stereocenters. The monoisotopic (exact) mass is 458 g/mol. The van der Waals surface area contributed by atoms with Gasteiger partial charge in [-0.15, -0.1) is 5.10 Å². The first kappa shape index (κ1) is 24.2. The normalized spacial score (nSPS) is 12.0. The van der Waals surface area contributed by atoms with Crippen molar-refractivity contribution in [1.29, 1.82) is 0 Å². The number of halogens is 2. The molecule has 0 spiro atoms. The summed E-state index contributed by atoms with van der Waals surface area (Å²) in [5, 5.41) is 6.71. The zero-order chi connectivity index (χ0) is 24.3. The molecule has 0 aliphatic heterocycles. The highest BCUT2D eigenvalue weighted by Gasteiger charge is 2.23. The molecule has 3 aromatic rings. The van der Waals surface area contributed by atoms with Gasteiger partial charge in [0.15, 0.2) is 0 Å². The summed E-state index contributed by atoms with van der Waals surface area (Å²) in [6.07, 6.45) is 1.75. The molecule has 176 valence electrons. The number of ether oxygens (including phenoxy) is 1. The van der Waals surface area contributed by atoms with E-state index in [1.54, 1.807) is 20.0 Å². The third kappa shape index (κ3) is 4.97. The molecule has 0 saturated carbocycles. The smallest absolute Gasteiger partial charge is 0.350 e. The van der Waals surface area contributed by atoms with Gasteiger partial charge in [0, 0.05) is 19.5 Å². The average Bonchev–Trinajstić information content (AvgIpc) is 3.05. The maximum Gasteiger partial charge on any atom is 0.350 e. The van der Waals surface area contributed by atoms with Gasteiger partial charge >= 0.3 is 5.69 Å². The number of aryl methyl sites for hydroxylation is 2. The number of carbonyl (C=O) groups is 1. The number of carbonyl (C=O) groups excluding carboxylic acids is 1. The number of hydrogen-bond acceptors (Lipinski definition) is 4. The maximum atomic E-state index is 15.2. The van der Waals surface area contributed by atoms with Crippen molar-refractivity contribution in [3.05, 3.63) is 69.4 Å². The van der Waals surface area contributed by atoms with Crippen molar-refractivity contribution < 1.29 is 18.3 Å². The van der Waals surface area contributed by atoms with Crippen LogP contribution in [-0.2, 0) is 13.5 Å². The summed E-state index contributed by atoms with van der Waals surface area (Å²) in [5.41, 5.74) is -0.228. The number of para-hydroxylation sites is 1. The molecule has 1 amide bonds. The molecule has 1 aromatic heterocycles. The number of anilines is 1. The van der Waals surface area contributed by atoms with Crippen molar-refractivity contribution in [1.82, 2.24) is 14.3 Å². The van der Waals surface area contributed by atoms with E-state index in [1.165, 1.54) is 22.8 Å². The minimum atomic E-state index is -0.830. The van der Waals surface area contributed by atoms with Crippen molar-refractivity contribution in [2.24, 2.45) is 7.05 Å². The average molecular weight is 459 g/mol. The van der Waals surface area contributed by atoms with E-state index in [-0.39, 0.29) is 28.8 Å². The number of benzene rings is 2. The van der Waals surface area contributed by atoms with E-state index in [2.05, 4.69) is 10.4 Å². The lowest BCUT2D eigenvalue weighted by molar-refractivity contribution is 0.101. The molecule has 0 fully saturated rings. The first-order valence-corrected chi connectivity index (χ1v) is 10.9. The van der Waals surface area contributed by atoms with E-state index in [9.17, 15) is 14.0 Å². The summed E-state index contributed by atoms with van der Waals surface area (Å²) in [6.45, 7) is 7.31. The lowest BCUT2D eigenvalue weighted by Gasteiger charge is -2.18. The molecule has 2 aromatic carbocycles. The molecule has 33 heavy (non-hydrogen) atoms. The summed E-state index contributed by atoms with van der Waals surface area (Å²) >= 11 is 0. The summed E-state index contributed by atoms with van der Waals surface area (Å²) < 4.78 is 37.7. The van der Waals surface area contributed by atoms with E-state index < -0.39 is 23.2 Å². The first-order valence-electron chi connectivity index (χ1n) is 10.9. The van der Waals surface area contributed by atoms with Crippen LogP contribution in [0.1, 0.15) is 55.4 Å². The Morgan fingerprint density at radius 1 is 1.21 bits per heavy atom. The quantitative estimate of drug-likeness (QED) is 0.538. The van der Waals surface area contributed by atoms with Crippen molar-refractivity contribution in [2.75, 3.05) is 5.32 Å². The van der Waals surface area contributed by atoms with Gasteiger partial charge in [-0.25, -0.2) is 13.6 Å². The van der Waals surface area contributed by atoms with Crippen LogP contribution in [0.25, 0.3) is 5.69 Å². The molecule has 1 unspecified atom stereocenters. The van der Waals surface area contributed by atoms with Crippen LogP contribution in [0.3, 0.4) is 0 Å². The van der Waals surface area contributed by atoms with E-state index in [4.69, 9.17) is 4.74 Å². The fourth-order valence-electron chi connectivity index (χ4n) is 3.58. The topological polar surface area (TPSA) is 78.2 Å². The molecular weight excluding hydrogens is 430 g/mol. The van der Waals surface area contributed by atoms with Crippen LogP contribution in [0, 0.1) is 18.6 Å². The molecule has 3 rings (SSSR count). The molecule has 0 bridgehead atoms. The second kappa shape index (κ2) is 9.97.